The van der Waals surface area contributed by atoms with Gasteiger partial charge in [-0.1, -0.05) is 84.4 Å². The Labute approximate surface area is 219 Å². The van der Waals surface area contributed by atoms with E-state index in [1.807, 2.05) is 85.1 Å². The monoisotopic (exact) mass is 506 g/mol. The molecule has 37 heavy (non-hydrogen) atoms. The predicted molar refractivity (Wildman–Crippen MR) is 146 cm³/mol. The Morgan fingerprint density at radius 2 is 1.57 bits per heavy atom. The van der Waals surface area contributed by atoms with Crippen LogP contribution in [0.25, 0.3) is 16.9 Å². The summed E-state index contributed by atoms with van der Waals surface area (Å²) in [5, 5.41) is 9.65. The minimum atomic E-state index is -0.375. The minimum absolute atomic E-state index is 0.309. The topological polar surface area (TPSA) is 68.5 Å². The molecule has 1 aromatic heterocycles. The molecule has 5 aromatic rings. The molecule has 0 aliphatic carbocycles. The number of halogens is 1. The van der Waals surface area contributed by atoms with E-state index >= 15 is 0 Å². The number of hydrogen-bond acceptors (Lipinski definition) is 4. The molecular weight excluding hydrogens is 484 g/mol. The second-order valence-electron chi connectivity index (χ2n) is 8.19. The number of hydrogen-bond donors (Lipinski definition) is 1. The molecule has 4 aromatic carbocycles. The Bertz CT molecular complexity index is 1510. The van der Waals surface area contributed by atoms with E-state index in [-0.39, 0.29) is 5.91 Å². The van der Waals surface area contributed by atoms with Crippen LogP contribution in [0.4, 0.5) is 0 Å². The highest BCUT2D eigenvalue weighted by Gasteiger charge is 2.13. The first kappa shape index (κ1) is 24.0. The molecule has 0 aliphatic rings. The molecule has 6 nitrogen and oxygen atoms in total. The molecule has 0 atom stereocenters. The van der Waals surface area contributed by atoms with Gasteiger partial charge in [-0.2, -0.15) is 10.2 Å². The lowest BCUT2D eigenvalue weighted by molar-refractivity contribution is 0.0950. The van der Waals surface area contributed by atoms with E-state index in [4.69, 9.17) is 21.4 Å². The maximum absolute atomic E-state index is 13.0. The second-order valence-corrected chi connectivity index (χ2v) is 8.63. The fourth-order valence-corrected chi connectivity index (χ4v) is 3.88. The number of carbonyl (C=O) groups excluding carboxylic acids is 1. The third-order valence-corrected chi connectivity index (χ3v) is 5.87. The fourth-order valence-electron chi connectivity index (χ4n) is 3.76. The Morgan fingerprint density at radius 3 is 2.32 bits per heavy atom. The highest BCUT2D eigenvalue weighted by Crippen LogP contribution is 2.23. The van der Waals surface area contributed by atoms with Crippen molar-refractivity contribution in [1.82, 2.24) is 15.2 Å². The zero-order chi connectivity index (χ0) is 25.5. The van der Waals surface area contributed by atoms with E-state index in [1.54, 1.807) is 41.2 Å². The van der Waals surface area contributed by atoms with Crippen LogP contribution in [-0.2, 0) is 6.61 Å². The van der Waals surface area contributed by atoms with Crippen LogP contribution in [-0.4, -0.2) is 21.9 Å². The molecule has 0 radical (unpaired) electrons. The van der Waals surface area contributed by atoms with Crippen molar-refractivity contribution in [2.24, 2.45) is 5.10 Å². The van der Waals surface area contributed by atoms with Crippen LogP contribution in [0.2, 0.25) is 5.02 Å². The first-order valence-electron chi connectivity index (χ1n) is 11.7. The second kappa shape index (κ2) is 11.4. The van der Waals surface area contributed by atoms with Gasteiger partial charge in [0.1, 0.15) is 18.1 Å². The highest BCUT2D eigenvalue weighted by molar-refractivity contribution is 6.30. The van der Waals surface area contributed by atoms with Crippen molar-refractivity contribution in [2.45, 2.75) is 6.61 Å². The molecule has 1 heterocycles. The normalized spacial score (nSPS) is 10.9. The largest absolute Gasteiger partial charge is 0.488 e. The molecule has 0 aliphatic heterocycles. The number of ether oxygens (including phenoxy) is 1. The van der Waals surface area contributed by atoms with Crippen molar-refractivity contribution in [2.75, 3.05) is 0 Å². The van der Waals surface area contributed by atoms with Gasteiger partial charge in [-0.3, -0.25) is 4.79 Å². The van der Waals surface area contributed by atoms with E-state index in [2.05, 4.69) is 10.5 Å². The lowest BCUT2D eigenvalue weighted by atomic mass is 10.1. The molecule has 0 spiro atoms. The summed E-state index contributed by atoms with van der Waals surface area (Å²) in [5.41, 5.74) is 7.35. The first-order chi connectivity index (χ1) is 18.2. The van der Waals surface area contributed by atoms with Crippen LogP contribution in [0.3, 0.4) is 0 Å². The van der Waals surface area contributed by atoms with Gasteiger partial charge in [0.15, 0.2) is 0 Å². The van der Waals surface area contributed by atoms with Gasteiger partial charge < -0.3 is 4.74 Å². The summed E-state index contributed by atoms with van der Waals surface area (Å²) < 4.78 is 7.71. The number of hydrazone groups is 1. The summed E-state index contributed by atoms with van der Waals surface area (Å²) in [6.45, 7) is 0.309. The van der Waals surface area contributed by atoms with Gasteiger partial charge in [0, 0.05) is 22.3 Å². The van der Waals surface area contributed by atoms with Crippen molar-refractivity contribution >= 4 is 23.7 Å². The quantitative estimate of drug-likeness (QED) is 0.192. The third kappa shape index (κ3) is 5.94. The Balaban J connectivity index is 1.34. The Kier molecular flexibility index (Phi) is 7.39. The molecule has 0 fully saturated rings. The molecule has 5 rings (SSSR count). The summed E-state index contributed by atoms with van der Waals surface area (Å²) in [5.74, 6) is 0.0895. The number of rotatable bonds is 8. The maximum Gasteiger partial charge on any atom is 0.275 e. The molecule has 1 amide bonds. The van der Waals surface area contributed by atoms with Gasteiger partial charge in [0.05, 0.1) is 17.5 Å². The van der Waals surface area contributed by atoms with Gasteiger partial charge in [-0.05, 0) is 42.0 Å². The average molecular weight is 507 g/mol. The average Bonchev–Trinajstić information content (AvgIpc) is 3.38. The molecule has 0 saturated heterocycles. The SMILES string of the molecule is O=C(N/N=C\c1cn(-c2ccccc2)nc1-c1ccccc1)c1ccccc1OCc1ccc(Cl)cc1. The van der Waals surface area contributed by atoms with E-state index < -0.39 is 0 Å². The summed E-state index contributed by atoms with van der Waals surface area (Å²) in [7, 11) is 0. The van der Waals surface area contributed by atoms with Crippen LogP contribution in [0, 0.1) is 0 Å². The van der Waals surface area contributed by atoms with Gasteiger partial charge in [0.2, 0.25) is 0 Å². The number of carbonyl (C=O) groups is 1. The number of nitrogens with one attached hydrogen (secondary N) is 1. The molecular formula is C30H23ClN4O2. The van der Waals surface area contributed by atoms with Gasteiger partial charge in [-0.15, -0.1) is 0 Å². The number of para-hydroxylation sites is 2. The van der Waals surface area contributed by atoms with E-state index in [9.17, 15) is 4.79 Å². The van der Waals surface area contributed by atoms with E-state index in [1.165, 1.54) is 0 Å². The molecule has 0 unspecified atom stereocenters. The molecule has 1 N–H and O–H groups in total. The standard InChI is InChI=1S/C30H23ClN4O2/c31-25-17-15-22(16-18-25)21-37-28-14-8-7-13-27(28)30(36)33-32-19-24-20-35(26-11-5-2-6-12-26)34-29(24)23-9-3-1-4-10-23/h1-20H,21H2,(H,33,36)/b32-19-. The number of amides is 1. The van der Waals surface area contributed by atoms with Crippen LogP contribution in [0.5, 0.6) is 5.75 Å². The molecule has 7 heteroatoms. The highest BCUT2D eigenvalue weighted by atomic mass is 35.5. The molecule has 0 saturated carbocycles. The lowest BCUT2D eigenvalue weighted by Crippen LogP contribution is -2.18. The number of benzene rings is 4. The number of nitrogens with zero attached hydrogens (tertiary/aromatic N) is 3. The zero-order valence-electron chi connectivity index (χ0n) is 19.8. The summed E-state index contributed by atoms with van der Waals surface area (Å²) in [6, 6.07) is 34.1. The maximum atomic E-state index is 13.0. The van der Waals surface area contributed by atoms with E-state index in [0.717, 1.165) is 28.1 Å². The minimum Gasteiger partial charge on any atom is -0.488 e. The van der Waals surface area contributed by atoms with Gasteiger partial charge in [0.25, 0.3) is 5.91 Å². The van der Waals surface area contributed by atoms with Crippen molar-refractivity contribution < 1.29 is 9.53 Å². The van der Waals surface area contributed by atoms with Crippen LogP contribution in [0.1, 0.15) is 21.5 Å². The smallest absolute Gasteiger partial charge is 0.275 e. The van der Waals surface area contributed by atoms with Crippen molar-refractivity contribution in [3.63, 3.8) is 0 Å². The van der Waals surface area contributed by atoms with Crippen molar-refractivity contribution in [3.8, 4) is 22.7 Å². The summed E-state index contributed by atoms with van der Waals surface area (Å²) in [6.07, 6.45) is 3.49. The summed E-state index contributed by atoms with van der Waals surface area (Å²) in [4.78, 5) is 13.0. The van der Waals surface area contributed by atoms with Crippen molar-refractivity contribution in [3.05, 3.63) is 137 Å². The first-order valence-corrected chi connectivity index (χ1v) is 12.1. The lowest BCUT2D eigenvalue weighted by Gasteiger charge is -2.10. The molecule has 182 valence electrons. The van der Waals surface area contributed by atoms with Crippen LogP contribution >= 0.6 is 11.6 Å². The molecule has 0 bridgehead atoms. The van der Waals surface area contributed by atoms with Gasteiger partial charge in [-0.25, -0.2) is 10.1 Å². The Morgan fingerprint density at radius 1 is 0.892 bits per heavy atom. The summed E-state index contributed by atoms with van der Waals surface area (Å²) >= 11 is 5.95. The van der Waals surface area contributed by atoms with Crippen LogP contribution < -0.4 is 10.2 Å². The number of aromatic nitrogens is 2. The Hall–Kier alpha value is -4.68. The van der Waals surface area contributed by atoms with Crippen LogP contribution in [0.15, 0.2) is 120 Å². The van der Waals surface area contributed by atoms with E-state index in [0.29, 0.717) is 22.9 Å². The van der Waals surface area contributed by atoms with Gasteiger partial charge >= 0.3 is 0 Å². The third-order valence-electron chi connectivity index (χ3n) is 5.62. The van der Waals surface area contributed by atoms with Crippen molar-refractivity contribution in [1.29, 1.82) is 0 Å². The zero-order valence-corrected chi connectivity index (χ0v) is 20.5. The predicted octanol–water partition coefficient (Wildman–Crippen LogP) is 6.54. The fraction of sp³-hybridized carbons (Fsp3) is 0.0333.